The zero-order chi connectivity index (χ0) is 14.4. The first-order valence-corrected chi connectivity index (χ1v) is 6.69. The van der Waals surface area contributed by atoms with E-state index in [0.717, 1.165) is 21.8 Å². The number of hydrogen-bond donors (Lipinski definition) is 3. The van der Waals surface area contributed by atoms with Crippen LogP contribution in [0.1, 0.15) is 0 Å². The van der Waals surface area contributed by atoms with E-state index >= 15 is 0 Å². The number of para-hydroxylation sites is 2. The molecule has 0 unspecified atom stereocenters. The number of fused-ring (bicyclic) bond motifs is 2. The Morgan fingerprint density at radius 2 is 1.67 bits per heavy atom. The van der Waals surface area contributed by atoms with Gasteiger partial charge in [0.15, 0.2) is 5.88 Å². The lowest BCUT2D eigenvalue weighted by molar-refractivity contribution is 0.460. The van der Waals surface area contributed by atoms with Gasteiger partial charge in [-0.1, -0.05) is 36.4 Å². The first kappa shape index (κ1) is 11.8. The second-order valence-corrected chi connectivity index (χ2v) is 5.01. The van der Waals surface area contributed by atoms with Crippen molar-refractivity contribution in [3.05, 3.63) is 54.6 Å². The number of nitrogen functional groups attached to an aromatic ring is 1. The van der Waals surface area contributed by atoms with Gasteiger partial charge in [0.05, 0.1) is 16.8 Å². The molecular formula is C17H13N3O. The maximum Gasteiger partial charge on any atom is 0.199 e. The van der Waals surface area contributed by atoms with Crippen LogP contribution < -0.4 is 5.73 Å². The third-order valence-electron chi connectivity index (χ3n) is 3.69. The van der Waals surface area contributed by atoms with Gasteiger partial charge >= 0.3 is 0 Å². The van der Waals surface area contributed by atoms with Crippen LogP contribution in [-0.4, -0.2) is 15.1 Å². The molecular weight excluding hydrogens is 262 g/mol. The summed E-state index contributed by atoms with van der Waals surface area (Å²) in [7, 11) is 0. The highest BCUT2D eigenvalue weighted by Crippen LogP contribution is 2.37. The van der Waals surface area contributed by atoms with Crippen molar-refractivity contribution in [1.29, 1.82) is 0 Å². The highest BCUT2D eigenvalue weighted by molar-refractivity contribution is 6.01. The van der Waals surface area contributed by atoms with Crippen LogP contribution in [0, 0.1) is 0 Å². The summed E-state index contributed by atoms with van der Waals surface area (Å²) in [5.74, 6) is 0.110. The molecule has 4 nitrogen and oxygen atoms in total. The van der Waals surface area contributed by atoms with Gasteiger partial charge in [0.1, 0.15) is 0 Å². The van der Waals surface area contributed by atoms with Crippen LogP contribution in [0.3, 0.4) is 0 Å². The fourth-order valence-electron chi connectivity index (χ4n) is 2.72. The van der Waals surface area contributed by atoms with Crippen LogP contribution in [0.25, 0.3) is 33.1 Å². The van der Waals surface area contributed by atoms with E-state index in [2.05, 4.69) is 9.97 Å². The zero-order valence-electron chi connectivity index (χ0n) is 11.2. The standard InChI is InChI=1S/C17H13N3O/c18-12-9-15(19-13-7-3-1-5-10(12)13)16-11-6-2-4-8-14(11)20-17(16)21/h1-9,20-21H,(H2,18,19). The zero-order valence-corrected chi connectivity index (χ0v) is 11.2. The molecule has 2 heterocycles. The van der Waals surface area contributed by atoms with E-state index in [9.17, 15) is 5.11 Å². The van der Waals surface area contributed by atoms with Crippen LogP contribution in [0.5, 0.6) is 5.88 Å². The molecule has 2 aromatic carbocycles. The molecule has 0 aliphatic heterocycles. The summed E-state index contributed by atoms with van der Waals surface area (Å²) < 4.78 is 0. The predicted octanol–water partition coefficient (Wildman–Crippen LogP) is 3.67. The Bertz CT molecular complexity index is 972. The van der Waals surface area contributed by atoms with Crippen LogP contribution >= 0.6 is 0 Å². The van der Waals surface area contributed by atoms with Crippen molar-refractivity contribution in [3.8, 4) is 17.1 Å². The van der Waals surface area contributed by atoms with E-state index in [4.69, 9.17) is 5.73 Å². The summed E-state index contributed by atoms with van der Waals surface area (Å²) in [5.41, 5.74) is 9.82. The number of anilines is 1. The fraction of sp³-hybridized carbons (Fsp3) is 0. The average molecular weight is 275 g/mol. The molecule has 4 aromatic rings. The van der Waals surface area contributed by atoms with Crippen molar-refractivity contribution in [2.45, 2.75) is 0 Å². The van der Waals surface area contributed by atoms with Crippen molar-refractivity contribution < 1.29 is 5.11 Å². The van der Waals surface area contributed by atoms with E-state index in [-0.39, 0.29) is 5.88 Å². The van der Waals surface area contributed by atoms with E-state index in [0.29, 0.717) is 16.9 Å². The van der Waals surface area contributed by atoms with Crippen molar-refractivity contribution >= 4 is 27.5 Å². The SMILES string of the molecule is Nc1cc(-c2c(O)[nH]c3ccccc23)nc2ccccc12. The minimum atomic E-state index is 0.110. The van der Waals surface area contributed by atoms with Crippen molar-refractivity contribution in [3.63, 3.8) is 0 Å². The molecule has 21 heavy (non-hydrogen) atoms. The van der Waals surface area contributed by atoms with Crippen molar-refractivity contribution in [1.82, 2.24) is 9.97 Å². The van der Waals surface area contributed by atoms with Gasteiger partial charge in [0.25, 0.3) is 0 Å². The van der Waals surface area contributed by atoms with E-state index < -0.39 is 0 Å². The number of pyridine rings is 1. The van der Waals surface area contributed by atoms with E-state index in [1.165, 1.54) is 0 Å². The molecule has 0 saturated carbocycles. The number of H-pyrrole nitrogens is 1. The molecule has 4 heteroatoms. The lowest BCUT2D eigenvalue weighted by Crippen LogP contribution is -1.92. The molecule has 0 fully saturated rings. The molecule has 4 rings (SSSR count). The molecule has 0 aliphatic carbocycles. The van der Waals surface area contributed by atoms with Gasteiger partial charge in [0, 0.05) is 22.0 Å². The highest BCUT2D eigenvalue weighted by Gasteiger charge is 2.15. The fourth-order valence-corrected chi connectivity index (χ4v) is 2.72. The van der Waals surface area contributed by atoms with Gasteiger partial charge in [-0.3, -0.25) is 0 Å². The maximum atomic E-state index is 10.2. The Balaban J connectivity index is 2.07. The molecule has 0 bridgehead atoms. The van der Waals surface area contributed by atoms with Crippen molar-refractivity contribution in [2.24, 2.45) is 0 Å². The van der Waals surface area contributed by atoms with Gasteiger partial charge in [-0.2, -0.15) is 0 Å². The summed E-state index contributed by atoms with van der Waals surface area (Å²) in [5, 5.41) is 12.1. The lowest BCUT2D eigenvalue weighted by atomic mass is 10.1. The molecule has 0 amide bonds. The summed E-state index contributed by atoms with van der Waals surface area (Å²) >= 11 is 0. The third kappa shape index (κ3) is 1.73. The van der Waals surface area contributed by atoms with Gasteiger partial charge in [0.2, 0.25) is 0 Å². The van der Waals surface area contributed by atoms with Crippen molar-refractivity contribution in [2.75, 3.05) is 5.73 Å². The number of hydrogen-bond acceptors (Lipinski definition) is 3. The number of nitrogens with one attached hydrogen (secondary N) is 1. The number of nitrogens with two attached hydrogens (primary N) is 1. The molecule has 0 radical (unpaired) electrons. The minimum Gasteiger partial charge on any atom is -0.494 e. The number of nitrogens with zero attached hydrogens (tertiary/aromatic N) is 1. The lowest BCUT2D eigenvalue weighted by Gasteiger charge is -2.06. The van der Waals surface area contributed by atoms with Crippen LogP contribution in [-0.2, 0) is 0 Å². The second kappa shape index (κ2) is 4.24. The molecule has 0 spiro atoms. The van der Waals surface area contributed by atoms with Gasteiger partial charge in [-0.05, 0) is 18.2 Å². The largest absolute Gasteiger partial charge is 0.494 e. The summed E-state index contributed by atoms with van der Waals surface area (Å²) in [6.07, 6.45) is 0. The van der Waals surface area contributed by atoms with Gasteiger partial charge < -0.3 is 15.8 Å². The smallest absolute Gasteiger partial charge is 0.199 e. The second-order valence-electron chi connectivity index (χ2n) is 5.01. The highest BCUT2D eigenvalue weighted by atomic mass is 16.3. The number of benzene rings is 2. The number of aromatic hydroxyl groups is 1. The topological polar surface area (TPSA) is 74.9 Å². The minimum absolute atomic E-state index is 0.110. The monoisotopic (exact) mass is 275 g/mol. The predicted molar refractivity (Wildman–Crippen MR) is 85.1 cm³/mol. The van der Waals surface area contributed by atoms with Gasteiger partial charge in [-0.15, -0.1) is 0 Å². The maximum absolute atomic E-state index is 10.2. The Morgan fingerprint density at radius 1 is 0.952 bits per heavy atom. The molecule has 0 aliphatic rings. The van der Waals surface area contributed by atoms with Gasteiger partial charge in [-0.25, -0.2) is 4.98 Å². The Hall–Kier alpha value is -3.01. The normalized spacial score (nSPS) is 11.2. The van der Waals surface area contributed by atoms with Crippen LogP contribution in [0.2, 0.25) is 0 Å². The Labute approximate surface area is 120 Å². The number of aromatic amines is 1. The average Bonchev–Trinajstić information content (AvgIpc) is 2.83. The quantitative estimate of drug-likeness (QED) is 0.496. The molecule has 0 saturated heterocycles. The van der Waals surface area contributed by atoms with E-state index in [1.807, 2.05) is 48.5 Å². The number of aromatic nitrogens is 2. The third-order valence-corrected chi connectivity index (χ3v) is 3.69. The first-order chi connectivity index (χ1) is 10.2. The summed E-state index contributed by atoms with van der Waals surface area (Å²) in [4.78, 5) is 7.60. The molecule has 2 aromatic heterocycles. The molecule has 4 N–H and O–H groups in total. The Kier molecular flexibility index (Phi) is 2.38. The molecule has 0 atom stereocenters. The van der Waals surface area contributed by atoms with Crippen LogP contribution in [0.15, 0.2) is 54.6 Å². The number of rotatable bonds is 1. The Morgan fingerprint density at radius 3 is 2.52 bits per heavy atom. The molecule has 102 valence electrons. The van der Waals surface area contributed by atoms with E-state index in [1.54, 1.807) is 6.07 Å². The summed E-state index contributed by atoms with van der Waals surface area (Å²) in [6.45, 7) is 0. The summed E-state index contributed by atoms with van der Waals surface area (Å²) in [6, 6.07) is 17.2. The van der Waals surface area contributed by atoms with Crippen LogP contribution in [0.4, 0.5) is 5.69 Å². The first-order valence-electron chi connectivity index (χ1n) is 6.69.